The summed E-state index contributed by atoms with van der Waals surface area (Å²) in [6, 6.07) is 4.77. The maximum Gasteiger partial charge on any atom is 0.117 e. The first-order valence-electron chi connectivity index (χ1n) is 9.15. The predicted molar refractivity (Wildman–Crippen MR) is 115 cm³/mol. The van der Waals surface area contributed by atoms with E-state index in [2.05, 4.69) is 74.4 Å². The second-order valence-corrected chi connectivity index (χ2v) is 12.3. The van der Waals surface area contributed by atoms with Gasteiger partial charge in [-0.2, -0.15) is 0 Å². The number of benzene rings is 1. The van der Waals surface area contributed by atoms with E-state index in [1.54, 1.807) is 0 Å². The fourth-order valence-corrected chi connectivity index (χ4v) is 5.02. The molecule has 0 saturated carbocycles. The van der Waals surface area contributed by atoms with E-state index >= 15 is 0 Å². The lowest BCUT2D eigenvalue weighted by molar-refractivity contribution is 0.476. The standard InChI is InChI=1S/C21H35Cl2P/c1-10-19(4,5)15-13-16(20(6,7)11-2)18(24(22)23)17(14-15)21(8,9)12-3/h13-14H,10-12H2,1-9H3. The van der Waals surface area contributed by atoms with Gasteiger partial charge in [-0.25, -0.2) is 0 Å². The molecule has 1 aromatic carbocycles. The molecule has 0 nitrogen and oxygen atoms in total. The van der Waals surface area contributed by atoms with Gasteiger partial charge in [0, 0.05) is 5.30 Å². The lowest BCUT2D eigenvalue weighted by Crippen LogP contribution is -2.33. The summed E-state index contributed by atoms with van der Waals surface area (Å²) in [6.45, 7) is 19.5. The van der Waals surface area contributed by atoms with Crippen LogP contribution in [0.2, 0.25) is 0 Å². The summed E-state index contributed by atoms with van der Waals surface area (Å²) in [6.07, 6.45) is 3.25. The predicted octanol–water partition coefficient (Wildman–Crippen LogP) is 8.16. The van der Waals surface area contributed by atoms with Gasteiger partial charge in [0.05, 0.1) is 0 Å². The zero-order valence-electron chi connectivity index (χ0n) is 17.0. The van der Waals surface area contributed by atoms with Gasteiger partial charge < -0.3 is 0 Å². The van der Waals surface area contributed by atoms with Crippen LogP contribution in [-0.2, 0) is 16.2 Å². The smallest absolute Gasteiger partial charge is 0.0727 e. The summed E-state index contributed by atoms with van der Waals surface area (Å²) in [4.78, 5) is 0. The average Bonchev–Trinajstić information content (AvgIpc) is 2.53. The minimum atomic E-state index is -1.19. The van der Waals surface area contributed by atoms with Gasteiger partial charge in [-0.1, -0.05) is 96.9 Å². The van der Waals surface area contributed by atoms with Gasteiger partial charge in [-0.3, -0.25) is 0 Å². The summed E-state index contributed by atoms with van der Waals surface area (Å²) >= 11 is 13.1. The van der Waals surface area contributed by atoms with Crippen molar-refractivity contribution < 1.29 is 0 Å². The van der Waals surface area contributed by atoms with Gasteiger partial charge in [0.25, 0.3) is 0 Å². The molecule has 0 N–H and O–H groups in total. The minimum absolute atomic E-state index is 0.0676. The van der Waals surface area contributed by atoms with Gasteiger partial charge in [-0.05, 0) is 52.2 Å². The summed E-state index contributed by atoms with van der Waals surface area (Å²) in [7, 11) is 0. The summed E-state index contributed by atoms with van der Waals surface area (Å²) in [5.41, 5.74) is 4.38. The van der Waals surface area contributed by atoms with Gasteiger partial charge in [0.2, 0.25) is 0 Å². The van der Waals surface area contributed by atoms with E-state index in [4.69, 9.17) is 22.5 Å². The summed E-state index contributed by atoms with van der Waals surface area (Å²) < 4.78 is 0. The van der Waals surface area contributed by atoms with Crippen LogP contribution < -0.4 is 5.30 Å². The topological polar surface area (TPSA) is 0 Å². The maximum absolute atomic E-state index is 6.57. The van der Waals surface area contributed by atoms with Crippen molar-refractivity contribution in [3.05, 3.63) is 28.8 Å². The third-order valence-electron chi connectivity index (χ3n) is 6.17. The Morgan fingerprint density at radius 3 is 1.29 bits per heavy atom. The second-order valence-electron chi connectivity index (χ2n) is 8.87. The SMILES string of the molecule is CCC(C)(C)c1cc(C(C)(C)CC)c(P(Cl)Cl)c(C(C)(C)CC)c1. The minimum Gasteiger partial charge on any atom is -0.0727 e. The third kappa shape index (κ3) is 4.49. The molecule has 0 aromatic heterocycles. The molecule has 0 aliphatic carbocycles. The average molecular weight is 389 g/mol. The molecule has 24 heavy (non-hydrogen) atoms. The van der Waals surface area contributed by atoms with Gasteiger partial charge in [-0.15, -0.1) is 0 Å². The van der Waals surface area contributed by atoms with E-state index in [1.165, 1.54) is 22.0 Å². The fraction of sp³-hybridized carbons (Fsp3) is 0.714. The van der Waals surface area contributed by atoms with Crippen molar-refractivity contribution in [2.24, 2.45) is 0 Å². The number of rotatable bonds is 7. The van der Waals surface area contributed by atoms with Crippen LogP contribution in [0.3, 0.4) is 0 Å². The van der Waals surface area contributed by atoms with Crippen molar-refractivity contribution >= 4 is 34.4 Å². The second kappa shape index (κ2) is 7.85. The highest BCUT2D eigenvalue weighted by Crippen LogP contribution is 2.52. The summed E-state index contributed by atoms with van der Waals surface area (Å²) in [5.74, 6) is 0. The number of hydrogen-bond donors (Lipinski definition) is 0. The lowest BCUT2D eigenvalue weighted by atomic mass is 9.72. The maximum atomic E-state index is 6.57. The van der Waals surface area contributed by atoms with Crippen LogP contribution in [-0.4, -0.2) is 0 Å². The first-order valence-corrected chi connectivity index (χ1v) is 12.3. The Morgan fingerprint density at radius 2 is 1.04 bits per heavy atom. The molecule has 138 valence electrons. The Balaban J connectivity index is 3.92. The Hall–Kier alpha value is 0.230. The molecule has 0 atom stereocenters. The molecule has 1 aromatic rings. The summed E-state index contributed by atoms with van der Waals surface area (Å²) in [5, 5.41) is 1.20. The largest absolute Gasteiger partial charge is 0.117 e. The van der Waals surface area contributed by atoms with Crippen molar-refractivity contribution in [1.82, 2.24) is 0 Å². The van der Waals surface area contributed by atoms with E-state index in [-0.39, 0.29) is 16.2 Å². The Bertz CT molecular complexity index is 534. The molecule has 0 fully saturated rings. The molecule has 0 spiro atoms. The van der Waals surface area contributed by atoms with Crippen LogP contribution in [0.1, 0.15) is 98.3 Å². The van der Waals surface area contributed by atoms with Crippen molar-refractivity contribution in [2.45, 2.75) is 97.8 Å². The fourth-order valence-electron chi connectivity index (χ4n) is 2.82. The molecule has 0 unspecified atom stereocenters. The molecule has 0 heterocycles. The van der Waals surface area contributed by atoms with Gasteiger partial charge in [0.15, 0.2) is 0 Å². The molecule has 0 bridgehead atoms. The molecule has 0 aliphatic rings. The molecule has 0 radical (unpaired) electrons. The zero-order valence-corrected chi connectivity index (χ0v) is 19.4. The van der Waals surface area contributed by atoms with E-state index in [9.17, 15) is 0 Å². The molecule has 1 rings (SSSR count). The van der Waals surface area contributed by atoms with Crippen molar-refractivity contribution in [1.29, 1.82) is 0 Å². The quantitative estimate of drug-likeness (QED) is 0.413. The highest BCUT2D eigenvalue weighted by atomic mass is 35.9. The van der Waals surface area contributed by atoms with Gasteiger partial charge in [0.1, 0.15) is 6.63 Å². The van der Waals surface area contributed by atoms with E-state index in [1.807, 2.05) is 0 Å². The van der Waals surface area contributed by atoms with Crippen LogP contribution in [0.4, 0.5) is 0 Å². The molecule has 0 saturated heterocycles. The monoisotopic (exact) mass is 388 g/mol. The molecule has 3 heteroatoms. The molecule has 0 amide bonds. The first kappa shape index (κ1) is 22.3. The van der Waals surface area contributed by atoms with Crippen LogP contribution in [0, 0.1) is 0 Å². The first-order chi connectivity index (χ1) is 10.8. The number of halogens is 2. The van der Waals surface area contributed by atoms with Crippen LogP contribution in [0.15, 0.2) is 12.1 Å². The van der Waals surface area contributed by atoms with E-state index in [0.717, 1.165) is 19.3 Å². The van der Waals surface area contributed by atoms with Crippen LogP contribution in [0.5, 0.6) is 0 Å². The van der Waals surface area contributed by atoms with Crippen molar-refractivity contribution in [3.63, 3.8) is 0 Å². The van der Waals surface area contributed by atoms with E-state index in [0.29, 0.717) is 0 Å². The van der Waals surface area contributed by atoms with Crippen molar-refractivity contribution in [3.8, 4) is 0 Å². The zero-order chi connectivity index (χ0) is 18.9. The Kier molecular flexibility index (Phi) is 7.29. The lowest BCUT2D eigenvalue weighted by Gasteiger charge is -2.36. The van der Waals surface area contributed by atoms with E-state index < -0.39 is 6.63 Å². The molecular formula is C21H35Cl2P. The Labute approximate surface area is 161 Å². The van der Waals surface area contributed by atoms with Crippen LogP contribution in [0.25, 0.3) is 0 Å². The number of hydrogen-bond acceptors (Lipinski definition) is 0. The highest BCUT2D eigenvalue weighted by molar-refractivity contribution is 8.09. The normalized spacial score (nSPS) is 13.7. The van der Waals surface area contributed by atoms with Crippen molar-refractivity contribution in [2.75, 3.05) is 0 Å². The van der Waals surface area contributed by atoms with Crippen LogP contribution >= 0.6 is 29.1 Å². The van der Waals surface area contributed by atoms with Gasteiger partial charge >= 0.3 is 0 Å². The molecule has 0 aliphatic heterocycles. The highest BCUT2D eigenvalue weighted by Gasteiger charge is 2.34. The Morgan fingerprint density at radius 1 is 0.708 bits per heavy atom. The third-order valence-corrected chi connectivity index (χ3v) is 8.00. The molecular weight excluding hydrogens is 354 g/mol.